The third-order valence-electron chi connectivity index (χ3n) is 13.4. The SMILES string of the molecule is COC1CCC2C(CCC3OC(C4CCCC(Cl)C4)(C4CCC(N5CCCCC5)C5CCCCC54)C=CC32)C1. The number of halogens is 1. The highest BCUT2D eigenvalue weighted by Gasteiger charge is 2.57. The molecule has 0 radical (unpaired) electrons. The van der Waals surface area contributed by atoms with Crippen LogP contribution in [0.3, 0.4) is 0 Å². The van der Waals surface area contributed by atoms with E-state index in [1.165, 1.54) is 122 Å². The van der Waals surface area contributed by atoms with Gasteiger partial charge < -0.3 is 14.4 Å². The molecule has 0 aromatic carbocycles. The number of fused-ring (bicyclic) bond motifs is 4. The van der Waals surface area contributed by atoms with Gasteiger partial charge in [0, 0.05) is 24.4 Å². The van der Waals surface area contributed by atoms with Crippen molar-refractivity contribution in [1.82, 2.24) is 4.90 Å². The summed E-state index contributed by atoms with van der Waals surface area (Å²) < 4.78 is 13.6. The van der Waals surface area contributed by atoms with Crippen LogP contribution >= 0.6 is 11.6 Å². The van der Waals surface area contributed by atoms with E-state index in [4.69, 9.17) is 21.1 Å². The first-order valence-electron chi connectivity index (χ1n) is 17.4. The van der Waals surface area contributed by atoms with E-state index in [0.717, 1.165) is 36.1 Å². The first kappa shape index (κ1) is 27.7. The standard InChI is InChI=1S/C35H56ClNO2/c1-38-27-13-14-28-24(22-27)12-17-34-31(28)18-19-35(39-34,25-8-7-9-26(36)23-25)32-15-16-33(37-20-5-2-6-21-37)30-11-4-3-10-29(30)32/h18-19,24-34H,2-17,20-23H2,1H3. The van der Waals surface area contributed by atoms with Crippen LogP contribution in [0.15, 0.2) is 12.2 Å². The number of methoxy groups -OCH3 is 1. The number of hydrogen-bond acceptors (Lipinski definition) is 3. The molecule has 0 aromatic heterocycles. The monoisotopic (exact) mass is 557 g/mol. The zero-order chi connectivity index (χ0) is 26.4. The molecule has 3 nitrogen and oxygen atoms in total. The summed E-state index contributed by atoms with van der Waals surface area (Å²) in [5.41, 5.74) is -0.0710. The minimum Gasteiger partial charge on any atom is -0.381 e. The molecular weight excluding hydrogens is 502 g/mol. The maximum Gasteiger partial charge on any atom is 0.0925 e. The van der Waals surface area contributed by atoms with Gasteiger partial charge in [0.2, 0.25) is 0 Å². The average Bonchev–Trinajstić information content (AvgIpc) is 3.00. The Bertz CT molecular complexity index is 858. The quantitative estimate of drug-likeness (QED) is 0.256. The summed E-state index contributed by atoms with van der Waals surface area (Å²) in [7, 11) is 1.92. The second-order valence-corrected chi connectivity index (χ2v) is 15.7. The van der Waals surface area contributed by atoms with Gasteiger partial charge in [0.05, 0.1) is 17.8 Å². The Morgan fingerprint density at radius 2 is 1.62 bits per heavy atom. The summed E-state index contributed by atoms with van der Waals surface area (Å²) in [6.07, 6.45) is 30.6. The van der Waals surface area contributed by atoms with Crippen molar-refractivity contribution in [1.29, 1.82) is 0 Å². The van der Waals surface area contributed by atoms with Gasteiger partial charge in [-0.1, -0.05) is 37.8 Å². The van der Waals surface area contributed by atoms with Crippen LogP contribution in [0, 0.1) is 41.4 Å². The molecule has 2 aliphatic heterocycles. The fourth-order valence-electron chi connectivity index (χ4n) is 11.6. The lowest BCUT2D eigenvalue weighted by atomic mass is 9.54. The third-order valence-corrected chi connectivity index (χ3v) is 13.7. The van der Waals surface area contributed by atoms with E-state index in [1.54, 1.807) is 0 Å². The Labute approximate surface area is 244 Å². The van der Waals surface area contributed by atoms with E-state index < -0.39 is 0 Å². The fraction of sp³-hybridized carbons (Fsp3) is 0.943. The van der Waals surface area contributed by atoms with Gasteiger partial charge in [-0.25, -0.2) is 0 Å². The zero-order valence-electron chi connectivity index (χ0n) is 24.8. The normalized spacial score (nSPS) is 51.0. The highest BCUT2D eigenvalue weighted by molar-refractivity contribution is 6.20. The van der Waals surface area contributed by atoms with Gasteiger partial charge in [-0.15, -0.1) is 11.6 Å². The first-order chi connectivity index (χ1) is 19.2. The molecule has 220 valence electrons. The van der Waals surface area contributed by atoms with Gasteiger partial charge in [0.15, 0.2) is 0 Å². The third kappa shape index (κ3) is 5.21. The molecule has 0 N–H and O–H groups in total. The molecule has 0 amide bonds. The number of rotatable bonds is 4. The van der Waals surface area contributed by atoms with Gasteiger partial charge in [-0.05, 0) is 138 Å². The van der Waals surface area contributed by atoms with Crippen molar-refractivity contribution in [3.05, 3.63) is 12.2 Å². The van der Waals surface area contributed by atoms with Crippen molar-refractivity contribution in [2.24, 2.45) is 41.4 Å². The van der Waals surface area contributed by atoms with Crippen LogP contribution in [0.1, 0.15) is 116 Å². The summed E-state index contributed by atoms with van der Waals surface area (Å²) in [6.45, 7) is 2.71. The topological polar surface area (TPSA) is 21.7 Å². The summed E-state index contributed by atoms with van der Waals surface area (Å²) in [5.74, 6) is 5.27. The Morgan fingerprint density at radius 1 is 0.769 bits per heavy atom. The van der Waals surface area contributed by atoms with Crippen molar-refractivity contribution in [3.63, 3.8) is 0 Å². The number of nitrogens with zero attached hydrogens (tertiary/aromatic N) is 1. The molecule has 0 spiro atoms. The smallest absolute Gasteiger partial charge is 0.0925 e. The van der Waals surface area contributed by atoms with E-state index in [0.29, 0.717) is 35.3 Å². The highest BCUT2D eigenvalue weighted by atomic mass is 35.5. The van der Waals surface area contributed by atoms with Gasteiger partial charge in [-0.2, -0.15) is 0 Å². The molecule has 1 saturated heterocycles. The lowest BCUT2D eigenvalue weighted by Crippen LogP contribution is -2.61. The van der Waals surface area contributed by atoms with Gasteiger partial charge in [0.25, 0.3) is 0 Å². The molecule has 0 aromatic rings. The predicted molar refractivity (Wildman–Crippen MR) is 160 cm³/mol. The maximum absolute atomic E-state index is 7.75. The Morgan fingerprint density at radius 3 is 2.44 bits per heavy atom. The lowest BCUT2D eigenvalue weighted by molar-refractivity contribution is -0.204. The first-order valence-corrected chi connectivity index (χ1v) is 17.9. The minimum absolute atomic E-state index is 0.0710. The van der Waals surface area contributed by atoms with Crippen LogP contribution in [0.5, 0.6) is 0 Å². The van der Waals surface area contributed by atoms with Crippen molar-refractivity contribution in [2.75, 3.05) is 20.2 Å². The largest absolute Gasteiger partial charge is 0.381 e. The average molecular weight is 558 g/mol. The van der Waals surface area contributed by atoms with Crippen LogP contribution in [0.2, 0.25) is 0 Å². The maximum atomic E-state index is 7.75. The van der Waals surface area contributed by atoms with Crippen LogP contribution < -0.4 is 0 Å². The molecule has 5 saturated carbocycles. The molecule has 7 aliphatic rings. The number of piperidine rings is 1. The zero-order valence-corrected chi connectivity index (χ0v) is 25.5. The van der Waals surface area contributed by atoms with Gasteiger partial charge in [-0.3, -0.25) is 0 Å². The molecule has 12 atom stereocenters. The Balaban J connectivity index is 1.19. The van der Waals surface area contributed by atoms with Crippen LogP contribution in [-0.4, -0.2) is 54.3 Å². The lowest BCUT2D eigenvalue weighted by Gasteiger charge is -2.60. The van der Waals surface area contributed by atoms with E-state index in [1.807, 2.05) is 7.11 Å². The van der Waals surface area contributed by atoms with Crippen LogP contribution in [0.4, 0.5) is 0 Å². The Kier molecular flexibility index (Phi) is 8.45. The summed E-state index contributed by atoms with van der Waals surface area (Å²) in [4.78, 5) is 2.94. The van der Waals surface area contributed by atoms with E-state index in [-0.39, 0.29) is 5.60 Å². The molecule has 6 fully saturated rings. The molecule has 39 heavy (non-hydrogen) atoms. The van der Waals surface area contributed by atoms with E-state index >= 15 is 0 Å². The van der Waals surface area contributed by atoms with Crippen LogP contribution in [0.25, 0.3) is 0 Å². The van der Waals surface area contributed by atoms with Crippen molar-refractivity contribution >= 4 is 11.6 Å². The second kappa shape index (κ2) is 11.9. The van der Waals surface area contributed by atoms with Gasteiger partial charge >= 0.3 is 0 Å². The molecule has 7 rings (SSSR count). The number of hydrogen-bond donors (Lipinski definition) is 0. The molecule has 0 bridgehead atoms. The van der Waals surface area contributed by atoms with Gasteiger partial charge in [0.1, 0.15) is 0 Å². The van der Waals surface area contributed by atoms with Crippen LogP contribution in [-0.2, 0) is 9.47 Å². The molecule has 12 unspecified atom stereocenters. The molecule has 4 heteroatoms. The summed E-state index contributed by atoms with van der Waals surface area (Å²) >= 11 is 6.95. The second-order valence-electron chi connectivity index (χ2n) is 15.0. The highest BCUT2D eigenvalue weighted by Crippen LogP contribution is 2.58. The number of likely N-dealkylation sites (tertiary alicyclic amines) is 1. The summed E-state index contributed by atoms with van der Waals surface area (Å²) in [5, 5.41) is 0.335. The molecule has 5 aliphatic carbocycles. The summed E-state index contributed by atoms with van der Waals surface area (Å²) in [6, 6.07) is 0.836. The Hall–Kier alpha value is -0.0900. The van der Waals surface area contributed by atoms with Crippen molar-refractivity contribution in [3.8, 4) is 0 Å². The van der Waals surface area contributed by atoms with E-state index in [9.17, 15) is 0 Å². The van der Waals surface area contributed by atoms with Crippen molar-refractivity contribution in [2.45, 2.75) is 145 Å². The number of ether oxygens (including phenoxy) is 2. The molecular formula is C35H56ClNO2. The predicted octanol–water partition coefficient (Wildman–Crippen LogP) is 8.39. The van der Waals surface area contributed by atoms with Crippen molar-refractivity contribution < 1.29 is 9.47 Å². The number of alkyl halides is 1. The minimum atomic E-state index is -0.0710. The fourth-order valence-corrected chi connectivity index (χ4v) is 12.0. The molecule has 2 heterocycles. The van der Waals surface area contributed by atoms with E-state index in [2.05, 4.69) is 17.1 Å².